The summed E-state index contributed by atoms with van der Waals surface area (Å²) in [4.78, 5) is 7.98. The van der Waals surface area contributed by atoms with Gasteiger partial charge in [0.15, 0.2) is 11.5 Å². The van der Waals surface area contributed by atoms with E-state index in [-0.39, 0.29) is 6.79 Å². The highest BCUT2D eigenvalue weighted by molar-refractivity contribution is 9.10. The number of hydrogen-bond acceptors (Lipinski definition) is 6. The second-order valence-electron chi connectivity index (χ2n) is 3.61. The number of hydrogen-bond donors (Lipinski definition) is 2. The maximum absolute atomic E-state index is 5.68. The molecule has 0 amide bonds. The van der Waals surface area contributed by atoms with Crippen LogP contribution < -0.4 is 20.5 Å². The lowest BCUT2D eigenvalue weighted by atomic mass is 10.3. The zero-order chi connectivity index (χ0) is 12.5. The van der Waals surface area contributed by atoms with Crippen LogP contribution in [0.2, 0.25) is 0 Å². The molecule has 0 spiro atoms. The SMILES string of the molecule is Nc1ncnc(Nc2ccc3c(c2)OCO3)c1Br. The van der Waals surface area contributed by atoms with Crippen molar-refractivity contribution in [3.63, 3.8) is 0 Å². The van der Waals surface area contributed by atoms with Gasteiger partial charge in [-0.05, 0) is 28.1 Å². The third-order valence-corrected chi connectivity index (χ3v) is 3.23. The topological polar surface area (TPSA) is 82.3 Å². The minimum Gasteiger partial charge on any atom is -0.454 e. The van der Waals surface area contributed by atoms with Crippen LogP contribution in [0.5, 0.6) is 11.5 Å². The summed E-state index contributed by atoms with van der Waals surface area (Å²) in [5.41, 5.74) is 6.51. The van der Waals surface area contributed by atoms with Crippen LogP contribution in [-0.4, -0.2) is 16.8 Å². The fourth-order valence-corrected chi connectivity index (χ4v) is 1.89. The average molecular weight is 309 g/mol. The number of rotatable bonds is 2. The van der Waals surface area contributed by atoms with Crippen molar-refractivity contribution in [1.29, 1.82) is 0 Å². The molecule has 2 heterocycles. The summed E-state index contributed by atoms with van der Waals surface area (Å²) in [6.07, 6.45) is 1.40. The molecule has 7 heteroatoms. The number of nitrogen functional groups attached to an aromatic ring is 1. The van der Waals surface area contributed by atoms with E-state index in [1.54, 1.807) is 0 Å². The Morgan fingerprint density at radius 1 is 1.22 bits per heavy atom. The van der Waals surface area contributed by atoms with E-state index in [2.05, 4.69) is 31.2 Å². The Kier molecular flexibility index (Phi) is 2.67. The molecule has 1 aliphatic rings. The third-order valence-electron chi connectivity index (χ3n) is 2.45. The molecule has 0 fully saturated rings. The van der Waals surface area contributed by atoms with Crippen LogP contribution in [0.3, 0.4) is 0 Å². The first kappa shape index (κ1) is 11.1. The summed E-state index contributed by atoms with van der Waals surface area (Å²) in [5.74, 6) is 2.43. The van der Waals surface area contributed by atoms with Crippen LogP contribution in [-0.2, 0) is 0 Å². The van der Waals surface area contributed by atoms with Gasteiger partial charge in [0.25, 0.3) is 0 Å². The summed E-state index contributed by atoms with van der Waals surface area (Å²) >= 11 is 3.33. The highest BCUT2D eigenvalue weighted by Gasteiger charge is 2.14. The molecular weight excluding hydrogens is 300 g/mol. The van der Waals surface area contributed by atoms with Gasteiger partial charge in [-0.1, -0.05) is 0 Å². The Morgan fingerprint density at radius 3 is 2.94 bits per heavy atom. The summed E-state index contributed by atoms with van der Waals surface area (Å²) in [5, 5.41) is 3.13. The van der Waals surface area contributed by atoms with Crippen LogP contribution in [0.25, 0.3) is 0 Å². The molecule has 0 radical (unpaired) electrons. The van der Waals surface area contributed by atoms with E-state index in [0.717, 1.165) is 11.4 Å². The lowest BCUT2D eigenvalue weighted by Gasteiger charge is -2.08. The number of aromatic nitrogens is 2. The second-order valence-corrected chi connectivity index (χ2v) is 4.41. The summed E-state index contributed by atoms with van der Waals surface area (Å²) < 4.78 is 11.2. The van der Waals surface area contributed by atoms with E-state index in [9.17, 15) is 0 Å². The summed E-state index contributed by atoms with van der Waals surface area (Å²) in [7, 11) is 0. The van der Waals surface area contributed by atoms with Crippen LogP contribution >= 0.6 is 15.9 Å². The molecule has 3 rings (SSSR count). The first-order chi connectivity index (χ1) is 8.74. The van der Waals surface area contributed by atoms with Crippen LogP contribution in [0.15, 0.2) is 29.0 Å². The molecule has 92 valence electrons. The maximum atomic E-state index is 5.68. The van der Waals surface area contributed by atoms with Crippen molar-refractivity contribution in [2.75, 3.05) is 17.8 Å². The number of halogens is 1. The Labute approximate surface area is 111 Å². The molecule has 1 aromatic carbocycles. The van der Waals surface area contributed by atoms with E-state index in [1.807, 2.05) is 18.2 Å². The predicted molar refractivity (Wildman–Crippen MR) is 70.0 cm³/mol. The van der Waals surface area contributed by atoms with Crippen LogP contribution in [0.4, 0.5) is 17.3 Å². The van der Waals surface area contributed by atoms with Gasteiger partial charge in [0, 0.05) is 11.8 Å². The molecule has 6 nitrogen and oxygen atoms in total. The summed E-state index contributed by atoms with van der Waals surface area (Å²) in [6.45, 7) is 0.253. The lowest BCUT2D eigenvalue weighted by molar-refractivity contribution is 0.174. The standard InChI is InChI=1S/C11H9BrN4O2/c12-9-10(13)14-4-15-11(9)16-6-1-2-7-8(3-6)18-5-17-7/h1-4H,5H2,(H3,13,14,15,16). The smallest absolute Gasteiger partial charge is 0.231 e. The molecule has 0 saturated carbocycles. The van der Waals surface area contributed by atoms with Crippen molar-refractivity contribution in [2.24, 2.45) is 0 Å². The largest absolute Gasteiger partial charge is 0.454 e. The molecule has 1 aliphatic heterocycles. The molecule has 0 atom stereocenters. The first-order valence-corrected chi connectivity index (χ1v) is 5.96. The Balaban J connectivity index is 1.90. The number of nitrogens with zero attached hydrogens (tertiary/aromatic N) is 2. The number of ether oxygens (including phenoxy) is 2. The van der Waals surface area contributed by atoms with E-state index >= 15 is 0 Å². The minimum atomic E-state index is 0.253. The van der Waals surface area contributed by atoms with Gasteiger partial charge >= 0.3 is 0 Å². The molecule has 3 N–H and O–H groups in total. The monoisotopic (exact) mass is 308 g/mol. The number of benzene rings is 1. The fraction of sp³-hybridized carbons (Fsp3) is 0.0909. The van der Waals surface area contributed by atoms with Gasteiger partial charge in [0.2, 0.25) is 6.79 Å². The molecule has 1 aromatic heterocycles. The van der Waals surface area contributed by atoms with Crippen molar-refractivity contribution < 1.29 is 9.47 Å². The molecule has 0 unspecified atom stereocenters. The number of nitrogens with two attached hydrogens (primary N) is 1. The fourth-order valence-electron chi connectivity index (χ4n) is 1.58. The highest BCUT2D eigenvalue weighted by Crippen LogP contribution is 2.36. The maximum Gasteiger partial charge on any atom is 0.231 e. The van der Waals surface area contributed by atoms with Crippen molar-refractivity contribution in [3.8, 4) is 11.5 Å². The van der Waals surface area contributed by atoms with E-state index in [4.69, 9.17) is 15.2 Å². The van der Waals surface area contributed by atoms with Gasteiger partial charge in [-0.15, -0.1) is 0 Å². The zero-order valence-corrected chi connectivity index (χ0v) is 10.8. The lowest BCUT2D eigenvalue weighted by Crippen LogP contribution is -1.99. The minimum absolute atomic E-state index is 0.253. The number of fused-ring (bicyclic) bond motifs is 1. The van der Waals surface area contributed by atoms with Gasteiger partial charge in [-0.3, -0.25) is 0 Å². The third kappa shape index (κ3) is 1.92. The van der Waals surface area contributed by atoms with Gasteiger partial charge in [0.1, 0.15) is 22.4 Å². The van der Waals surface area contributed by atoms with E-state index in [0.29, 0.717) is 21.9 Å². The highest BCUT2D eigenvalue weighted by atomic mass is 79.9. The molecule has 2 aromatic rings. The molecular formula is C11H9BrN4O2. The van der Waals surface area contributed by atoms with Gasteiger partial charge < -0.3 is 20.5 Å². The van der Waals surface area contributed by atoms with Gasteiger partial charge in [-0.2, -0.15) is 0 Å². The zero-order valence-electron chi connectivity index (χ0n) is 9.18. The Morgan fingerprint density at radius 2 is 2.06 bits per heavy atom. The predicted octanol–water partition coefficient (Wildman–Crippen LogP) is 2.29. The van der Waals surface area contributed by atoms with Crippen LogP contribution in [0, 0.1) is 0 Å². The average Bonchev–Trinajstić information content (AvgIpc) is 2.82. The Bertz CT molecular complexity index is 606. The van der Waals surface area contributed by atoms with Gasteiger partial charge in [0.05, 0.1) is 0 Å². The molecule has 18 heavy (non-hydrogen) atoms. The van der Waals surface area contributed by atoms with E-state index < -0.39 is 0 Å². The van der Waals surface area contributed by atoms with Crippen molar-refractivity contribution in [3.05, 3.63) is 29.0 Å². The van der Waals surface area contributed by atoms with Crippen molar-refractivity contribution in [2.45, 2.75) is 0 Å². The number of anilines is 3. The molecule has 0 aliphatic carbocycles. The normalized spacial score (nSPS) is 12.5. The van der Waals surface area contributed by atoms with Crippen molar-refractivity contribution >= 4 is 33.3 Å². The second kappa shape index (κ2) is 4.34. The molecule has 0 saturated heterocycles. The first-order valence-electron chi connectivity index (χ1n) is 5.16. The van der Waals surface area contributed by atoms with Gasteiger partial charge in [-0.25, -0.2) is 9.97 Å². The Hall–Kier alpha value is -2.02. The summed E-state index contributed by atoms with van der Waals surface area (Å²) in [6, 6.07) is 5.55. The molecule has 0 bridgehead atoms. The quantitative estimate of drug-likeness (QED) is 0.886. The van der Waals surface area contributed by atoms with Crippen molar-refractivity contribution in [1.82, 2.24) is 9.97 Å². The number of nitrogens with one attached hydrogen (secondary N) is 1. The van der Waals surface area contributed by atoms with E-state index in [1.165, 1.54) is 6.33 Å². The van der Waals surface area contributed by atoms with Crippen LogP contribution in [0.1, 0.15) is 0 Å².